The molecule has 0 radical (unpaired) electrons. The van der Waals surface area contributed by atoms with E-state index in [1.54, 1.807) is 18.2 Å². The van der Waals surface area contributed by atoms with Crippen LogP contribution in [0.2, 0.25) is 5.02 Å². The van der Waals surface area contributed by atoms with Gasteiger partial charge in [0, 0.05) is 23.2 Å². The van der Waals surface area contributed by atoms with Gasteiger partial charge < -0.3 is 14.0 Å². The van der Waals surface area contributed by atoms with Crippen LogP contribution in [-0.4, -0.2) is 20.8 Å². The monoisotopic (exact) mass is 256 g/mol. The molecule has 0 amide bonds. The first-order chi connectivity index (χ1) is 8.24. The van der Waals surface area contributed by atoms with Gasteiger partial charge in [-0.1, -0.05) is 17.7 Å². The van der Waals surface area contributed by atoms with Crippen LogP contribution < -0.4 is 5.46 Å². The van der Waals surface area contributed by atoms with E-state index in [1.165, 1.54) is 13.4 Å². The van der Waals surface area contributed by atoms with Crippen molar-refractivity contribution in [3.8, 4) is 0 Å². The minimum Gasteiger partial charge on any atom is -0.538 e. The zero-order valence-corrected chi connectivity index (χ0v) is 10.0. The molecule has 0 bridgehead atoms. The normalized spacial score (nSPS) is 14.9. The Morgan fingerprint density at radius 3 is 3.00 bits per heavy atom. The molecule has 1 heterocycles. The standard InChI is InChI=1S/C11H11BClFO3/c1-15-7-8-10(13)4-3-9(11(8)14)12-16-5-2-6-17-12/h2-5H,6-7H2,1H3. The highest BCUT2D eigenvalue weighted by molar-refractivity contribution is 6.61. The van der Waals surface area contributed by atoms with Gasteiger partial charge >= 0.3 is 7.12 Å². The molecule has 90 valence electrons. The molecule has 0 unspecified atom stereocenters. The summed E-state index contributed by atoms with van der Waals surface area (Å²) < 4.78 is 29.5. The van der Waals surface area contributed by atoms with Crippen LogP contribution in [0.4, 0.5) is 4.39 Å². The van der Waals surface area contributed by atoms with Crippen LogP contribution in [0.15, 0.2) is 24.5 Å². The highest BCUT2D eigenvalue weighted by Gasteiger charge is 2.29. The Morgan fingerprint density at radius 2 is 2.35 bits per heavy atom. The lowest BCUT2D eigenvalue weighted by atomic mass is 9.77. The van der Waals surface area contributed by atoms with Crippen LogP contribution in [0.1, 0.15) is 5.56 Å². The van der Waals surface area contributed by atoms with Crippen LogP contribution in [-0.2, 0) is 20.7 Å². The van der Waals surface area contributed by atoms with Crippen molar-refractivity contribution < 1.29 is 18.4 Å². The quantitative estimate of drug-likeness (QED) is 0.773. The Bertz CT molecular complexity index is 439. The Labute approximate surface area is 104 Å². The van der Waals surface area contributed by atoms with E-state index < -0.39 is 12.9 Å². The molecule has 0 saturated heterocycles. The zero-order chi connectivity index (χ0) is 12.3. The summed E-state index contributed by atoms with van der Waals surface area (Å²) in [6, 6.07) is 3.17. The van der Waals surface area contributed by atoms with Crippen LogP contribution >= 0.6 is 11.6 Å². The number of hydrogen-bond acceptors (Lipinski definition) is 3. The predicted octanol–water partition coefficient (Wildman–Crippen LogP) is 1.88. The molecule has 3 nitrogen and oxygen atoms in total. The number of ether oxygens (including phenoxy) is 1. The van der Waals surface area contributed by atoms with Crippen LogP contribution in [0.3, 0.4) is 0 Å². The average Bonchev–Trinajstić information content (AvgIpc) is 2.36. The maximum absolute atomic E-state index is 14.2. The van der Waals surface area contributed by atoms with E-state index in [2.05, 4.69) is 0 Å². The van der Waals surface area contributed by atoms with Crippen molar-refractivity contribution in [3.63, 3.8) is 0 Å². The second-order valence-electron chi connectivity index (χ2n) is 3.54. The smallest absolute Gasteiger partial charge is 0.538 e. The number of methoxy groups -OCH3 is 1. The van der Waals surface area contributed by atoms with Gasteiger partial charge in [-0.05, 0) is 12.1 Å². The lowest BCUT2D eigenvalue weighted by Gasteiger charge is -2.18. The molecule has 6 heteroatoms. The summed E-state index contributed by atoms with van der Waals surface area (Å²) in [5.41, 5.74) is 0.638. The summed E-state index contributed by atoms with van der Waals surface area (Å²) in [6.07, 6.45) is 3.21. The highest BCUT2D eigenvalue weighted by atomic mass is 35.5. The summed E-state index contributed by atoms with van der Waals surface area (Å²) >= 11 is 5.90. The molecule has 0 spiro atoms. The van der Waals surface area contributed by atoms with Crippen molar-refractivity contribution in [1.82, 2.24) is 0 Å². The minimum absolute atomic E-state index is 0.112. The van der Waals surface area contributed by atoms with Crippen molar-refractivity contribution in [1.29, 1.82) is 0 Å². The molecule has 0 aliphatic carbocycles. The van der Waals surface area contributed by atoms with E-state index in [-0.39, 0.29) is 6.61 Å². The van der Waals surface area contributed by atoms with Crippen molar-refractivity contribution in [2.24, 2.45) is 0 Å². The summed E-state index contributed by atoms with van der Waals surface area (Å²) in [5, 5.41) is 0.333. The van der Waals surface area contributed by atoms with Crippen molar-refractivity contribution >= 4 is 24.2 Å². The third-order valence-electron chi connectivity index (χ3n) is 2.40. The van der Waals surface area contributed by atoms with Crippen molar-refractivity contribution in [2.45, 2.75) is 6.61 Å². The van der Waals surface area contributed by atoms with E-state index in [0.29, 0.717) is 22.7 Å². The van der Waals surface area contributed by atoms with Gasteiger partial charge in [-0.2, -0.15) is 0 Å². The van der Waals surface area contributed by atoms with E-state index in [9.17, 15) is 4.39 Å². The Kier molecular flexibility index (Phi) is 4.04. The fourth-order valence-corrected chi connectivity index (χ4v) is 1.79. The van der Waals surface area contributed by atoms with Crippen molar-refractivity contribution in [2.75, 3.05) is 13.7 Å². The number of rotatable bonds is 3. The van der Waals surface area contributed by atoms with E-state index >= 15 is 0 Å². The van der Waals surface area contributed by atoms with Gasteiger partial charge in [-0.3, -0.25) is 0 Å². The molecule has 1 aliphatic rings. The van der Waals surface area contributed by atoms with Gasteiger partial charge in [0.1, 0.15) is 5.82 Å². The first kappa shape index (κ1) is 12.4. The van der Waals surface area contributed by atoms with Crippen LogP contribution in [0.5, 0.6) is 0 Å². The van der Waals surface area contributed by atoms with E-state index in [4.69, 9.17) is 25.6 Å². The first-order valence-electron chi connectivity index (χ1n) is 5.12. The SMILES string of the molecule is COCc1c(Cl)ccc(B2OC=CCO2)c1F. The molecule has 0 aromatic heterocycles. The summed E-state index contributed by atoms with van der Waals surface area (Å²) in [5.74, 6) is -0.445. The molecular formula is C11H11BClFO3. The number of halogens is 2. The first-order valence-corrected chi connectivity index (χ1v) is 5.49. The van der Waals surface area contributed by atoms with Gasteiger partial charge in [0.2, 0.25) is 0 Å². The lowest BCUT2D eigenvalue weighted by molar-refractivity contribution is 0.181. The maximum atomic E-state index is 14.2. The number of hydrogen-bond donors (Lipinski definition) is 0. The summed E-state index contributed by atoms with van der Waals surface area (Å²) in [6.45, 7) is 0.507. The van der Waals surface area contributed by atoms with Gasteiger partial charge in [0.25, 0.3) is 0 Å². The number of benzene rings is 1. The Balaban J connectivity index is 2.34. The summed E-state index contributed by atoms with van der Waals surface area (Å²) in [4.78, 5) is 0. The largest absolute Gasteiger partial charge is 0.565 e. The lowest BCUT2D eigenvalue weighted by Crippen LogP contribution is -2.40. The highest BCUT2D eigenvalue weighted by Crippen LogP contribution is 2.19. The van der Waals surface area contributed by atoms with E-state index in [0.717, 1.165) is 0 Å². The third-order valence-corrected chi connectivity index (χ3v) is 2.75. The molecule has 2 rings (SSSR count). The molecule has 1 aliphatic heterocycles. The van der Waals surface area contributed by atoms with Gasteiger partial charge in [0.05, 0.1) is 19.5 Å². The second-order valence-corrected chi connectivity index (χ2v) is 3.94. The second kappa shape index (κ2) is 5.53. The zero-order valence-electron chi connectivity index (χ0n) is 9.28. The molecule has 0 N–H and O–H groups in total. The topological polar surface area (TPSA) is 27.7 Å². The third kappa shape index (κ3) is 2.62. The molecule has 1 aromatic carbocycles. The Morgan fingerprint density at radius 1 is 1.53 bits per heavy atom. The Hall–Kier alpha value is -1.04. The molecule has 0 saturated carbocycles. The van der Waals surface area contributed by atoms with E-state index in [1.807, 2.05) is 0 Å². The van der Waals surface area contributed by atoms with Crippen molar-refractivity contribution in [3.05, 3.63) is 40.9 Å². The predicted molar refractivity (Wildman–Crippen MR) is 63.7 cm³/mol. The summed E-state index contributed by atoms with van der Waals surface area (Å²) in [7, 11) is 0.756. The van der Waals surface area contributed by atoms with Gasteiger partial charge in [-0.15, -0.1) is 0 Å². The molecular weight excluding hydrogens is 245 g/mol. The van der Waals surface area contributed by atoms with Gasteiger partial charge in [-0.25, -0.2) is 4.39 Å². The van der Waals surface area contributed by atoms with Crippen LogP contribution in [0.25, 0.3) is 0 Å². The maximum Gasteiger partial charge on any atom is 0.565 e. The van der Waals surface area contributed by atoms with Gasteiger partial charge in [0.15, 0.2) is 0 Å². The fraction of sp³-hybridized carbons (Fsp3) is 0.273. The fourth-order valence-electron chi connectivity index (χ4n) is 1.59. The molecule has 17 heavy (non-hydrogen) atoms. The molecule has 1 aromatic rings. The average molecular weight is 256 g/mol. The molecule has 0 atom stereocenters. The minimum atomic E-state index is -0.729. The molecule has 0 fully saturated rings. The van der Waals surface area contributed by atoms with Crippen LogP contribution in [0, 0.1) is 5.82 Å².